The summed E-state index contributed by atoms with van der Waals surface area (Å²) in [7, 11) is 0. The molecule has 0 aliphatic rings. The quantitative estimate of drug-likeness (QED) is 0.550. The highest BCUT2D eigenvalue weighted by atomic mass is 35.5. The van der Waals surface area contributed by atoms with Crippen LogP contribution in [0.4, 0.5) is 5.13 Å². The predicted molar refractivity (Wildman–Crippen MR) is 104 cm³/mol. The van der Waals surface area contributed by atoms with Gasteiger partial charge in [0.15, 0.2) is 11.9 Å². The summed E-state index contributed by atoms with van der Waals surface area (Å²) in [5, 5.41) is 16.5. The molecule has 0 aliphatic heterocycles. The minimum absolute atomic E-state index is 0.295. The molecule has 4 rings (SSSR count). The van der Waals surface area contributed by atoms with Gasteiger partial charge >= 0.3 is 0 Å². The lowest BCUT2D eigenvalue weighted by Gasteiger charge is -2.13. The second-order valence-corrected chi connectivity index (χ2v) is 7.09. The smallest absolute Gasteiger partial charge is 0.266 e. The van der Waals surface area contributed by atoms with E-state index in [0.717, 1.165) is 5.56 Å². The van der Waals surface area contributed by atoms with E-state index in [1.54, 1.807) is 35.7 Å². The Kier molecular flexibility index (Phi) is 4.74. The van der Waals surface area contributed by atoms with Crippen molar-refractivity contribution < 1.29 is 9.53 Å². The molecule has 0 aliphatic carbocycles. The van der Waals surface area contributed by atoms with E-state index in [4.69, 9.17) is 16.3 Å². The van der Waals surface area contributed by atoms with Gasteiger partial charge in [0, 0.05) is 10.6 Å². The van der Waals surface area contributed by atoms with E-state index < -0.39 is 6.10 Å². The summed E-state index contributed by atoms with van der Waals surface area (Å²) >= 11 is 7.16. The normalized spacial score (nSPS) is 12.1. The van der Waals surface area contributed by atoms with Crippen LogP contribution in [0.2, 0.25) is 5.02 Å². The third-order valence-electron chi connectivity index (χ3n) is 3.75. The van der Waals surface area contributed by atoms with Gasteiger partial charge in [-0.15, -0.1) is 15.3 Å². The van der Waals surface area contributed by atoms with Crippen molar-refractivity contribution in [3.05, 3.63) is 59.6 Å². The SMILES string of the molecule is C[C@H](Oc1ccccc1)C(=O)Nc1nn2c(-c3ccc(Cl)cc3)nnc2s1. The maximum absolute atomic E-state index is 12.4. The zero-order chi connectivity index (χ0) is 18.8. The minimum Gasteiger partial charge on any atom is -0.481 e. The van der Waals surface area contributed by atoms with Crippen LogP contribution in [0.1, 0.15) is 6.92 Å². The van der Waals surface area contributed by atoms with Crippen molar-refractivity contribution >= 4 is 38.9 Å². The molecule has 27 heavy (non-hydrogen) atoms. The number of anilines is 1. The molecule has 4 aromatic rings. The highest BCUT2D eigenvalue weighted by Gasteiger charge is 2.19. The zero-order valence-corrected chi connectivity index (χ0v) is 15.7. The summed E-state index contributed by atoms with van der Waals surface area (Å²) < 4.78 is 7.22. The molecule has 1 N–H and O–H groups in total. The van der Waals surface area contributed by atoms with E-state index in [1.807, 2.05) is 30.3 Å². The molecule has 2 heterocycles. The second kappa shape index (κ2) is 7.34. The monoisotopic (exact) mass is 399 g/mol. The number of benzene rings is 2. The average molecular weight is 400 g/mol. The Morgan fingerprint density at radius 2 is 1.89 bits per heavy atom. The van der Waals surface area contributed by atoms with Gasteiger partial charge in [0.25, 0.3) is 5.91 Å². The lowest BCUT2D eigenvalue weighted by atomic mass is 10.2. The van der Waals surface area contributed by atoms with Gasteiger partial charge in [-0.05, 0) is 43.3 Å². The maximum atomic E-state index is 12.4. The summed E-state index contributed by atoms with van der Waals surface area (Å²) in [6, 6.07) is 16.4. The number of para-hydroxylation sites is 1. The van der Waals surface area contributed by atoms with Crippen LogP contribution in [0, 0.1) is 0 Å². The first kappa shape index (κ1) is 17.4. The van der Waals surface area contributed by atoms with Gasteiger partial charge < -0.3 is 4.74 Å². The van der Waals surface area contributed by atoms with E-state index >= 15 is 0 Å². The van der Waals surface area contributed by atoms with Crippen LogP contribution in [0.5, 0.6) is 5.75 Å². The molecule has 9 heteroatoms. The molecule has 0 saturated carbocycles. The van der Waals surface area contributed by atoms with Gasteiger partial charge in [0.2, 0.25) is 10.1 Å². The number of fused-ring (bicyclic) bond motifs is 1. The molecule has 0 spiro atoms. The van der Waals surface area contributed by atoms with E-state index in [9.17, 15) is 4.79 Å². The summed E-state index contributed by atoms with van der Waals surface area (Å²) in [6.07, 6.45) is -0.669. The second-order valence-electron chi connectivity index (χ2n) is 5.69. The Hall–Kier alpha value is -2.97. The fourth-order valence-corrected chi connectivity index (χ4v) is 3.28. The number of aromatic nitrogens is 4. The van der Waals surface area contributed by atoms with E-state index in [1.165, 1.54) is 11.3 Å². The first-order valence-corrected chi connectivity index (χ1v) is 9.30. The first-order valence-electron chi connectivity index (χ1n) is 8.11. The summed E-state index contributed by atoms with van der Waals surface area (Å²) in [5.74, 6) is 0.909. The molecular formula is C18H14ClN5O2S. The predicted octanol–water partition coefficient (Wildman–Crippen LogP) is 3.91. The Morgan fingerprint density at radius 1 is 1.15 bits per heavy atom. The number of carbonyl (C=O) groups excluding carboxylic acids is 1. The molecular weight excluding hydrogens is 386 g/mol. The molecule has 0 saturated heterocycles. The van der Waals surface area contributed by atoms with Crippen LogP contribution < -0.4 is 10.1 Å². The van der Waals surface area contributed by atoms with Crippen molar-refractivity contribution in [3.8, 4) is 17.1 Å². The van der Waals surface area contributed by atoms with Crippen molar-refractivity contribution in [1.82, 2.24) is 19.8 Å². The molecule has 1 amide bonds. The van der Waals surface area contributed by atoms with Crippen molar-refractivity contribution in [2.45, 2.75) is 13.0 Å². The number of hydrogen-bond donors (Lipinski definition) is 1. The fraction of sp³-hybridized carbons (Fsp3) is 0.111. The van der Waals surface area contributed by atoms with E-state index in [0.29, 0.717) is 26.7 Å². The summed E-state index contributed by atoms with van der Waals surface area (Å²) in [5.41, 5.74) is 0.829. The Morgan fingerprint density at radius 3 is 2.63 bits per heavy atom. The molecule has 2 aromatic heterocycles. The van der Waals surface area contributed by atoms with E-state index in [2.05, 4.69) is 20.6 Å². The van der Waals surface area contributed by atoms with Gasteiger partial charge in [0.05, 0.1) is 0 Å². The Labute approximate surface area is 163 Å². The third-order valence-corrected chi connectivity index (χ3v) is 4.81. The zero-order valence-electron chi connectivity index (χ0n) is 14.2. The minimum atomic E-state index is -0.669. The standard InChI is InChI=1S/C18H14ClN5O2S/c1-11(26-14-5-3-2-4-6-14)16(25)20-17-23-24-15(21-22-18(24)27-17)12-7-9-13(19)10-8-12/h2-11H,1H3,(H,20,23,25)/t11-/m0/s1. The van der Waals surface area contributed by atoms with Crippen molar-refractivity contribution in [2.75, 3.05) is 5.32 Å². The number of nitrogens with zero attached hydrogens (tertiary/aromatic N) is 4. The molecule has 7 nitrogen and oxygen atoms in total. The van der Waals surface area contributed by atoms with Crippen LogP contribution >= 0.6 is 22.9 Å². The van der Waals surface area contributed by atoms with Crippen molar-refractivity contribution in [1.29, 1.82) is 0 Å². The first-order chi connectivity index (χ1) is 13.1. The van der Waals surface area contributed by atoms with Crippen LogP contribution in [0.3, 0.4) is 0 Å². The molecule has 1 atom stereocenters. The number of ether oxygens (including phenoxy) is 1. The summed E-state index contributed by atoms with van der Waals surface area (Å²) in [6.45, 7) is 1.68. The van der Waals surface area contributed by atoms with Gasteiger partial charge in [-0.1, -0.05) is 41.1 Å². The molecule has 0 bridgehead atoms. The van der Waals surface area contributed by atoms with Gasteiger partial charge in [0.1, 0.15) is 5.75 Å². The van der Waals surface area contributed by atoms with Gasteiger partial charge in [-0.25, -0.2) is 0 Å². The summed E-state index contributed by atoms with van der Waals surface area (Å²) in [4.78, 5) is 13.0. The highest BCUT2D eigenvalue weighted by molar-refractivity contribution is 7.20. The highest BCUT2D eigenvalue weighted by Crippen LogP contribution is 2.25. The molecule has 0 unspecified atom stereocenters. The lowest BCUT2D eigenvalue weighted by Crippen LogP contribution is -2.30. The molecule has 0 radical (unpaired) electrons. The van der Waals surface area contributed by atoms with Crippen LogP contribution in [0.25, 0.3) is 16.3 Å². The average Bonchev–Trinajstić information content (AvgIpc) is 3.23. The van der Waals surface area contributed by atoms with E-state index in [-0.39, 0.29) is 5.91 Å². The number of nitrogens with one attached hydrogen (secondary N) is 1. The molecule has 136 valence electrons. The molecule has 0 fully saturated rings. The van der Waals surface area contributed by atoms with Crippen LogP contribution in [-0.2, 0) is 4.79 Å². The number of hydrogen-bond acceptors (Lipinski definition) is 6. The van der Waals surface area contributed by atoms with Crippen LogP contribution in [-0.4, -0.2) is 31.8 Å². The van der Waals surface area contributed by atoms with Crippen molar-refractivity contribution in [3.63, 3.8) is 0 Å². The topological polar surface area (TPSA) is 81.4 Å². The largest absolute Gasteiger partial charge is 0.481 e. The number of amides is 1. The Bertz CT molecular complexity index is 1080. The lowest BCUT2D eigenvalue weighted by molar-refractivity contribution is -0.122. The van der Waals surface area contributed by atoms with Crippen LogP contribution in [0.15, 0.2) is 54.6 Å². The van der Waals surface area contributed by atoms with Gasteiger partial charge in [-0.2, -0.15) is 4.52 Å². The Balaban J connectivity index is 1.51. The van der Waals surface area contributed by atoms with Crippen molar-refractivity contribution in [2.24, 2.45) is 0 Å². The fourth-order valence-electron chi connectivity index (χ4n) is 2.41. The number of carbonyl (C=O) groups is 1. The number of rotatable bonds is 5. The molecule has 2 aromatic carbocycles. The number of halogens is 1. The third kappa shape index (κ3) is 3.76. The van der Waals surface area contributed by atoms with Gasteiger partial charge in [-0.3, -0.25) is 10.1 Å². The maximum Gasteiger partial charge on any atom is 0.266 e.